The van der Waals surface area contributed by atoms with E-state index in [9.17, 15) is 10.1 Å². The van der Waals surface area contributed by atoms with Gasteiger partial charge in [-0.15, -0.1) is 0 Å². The van der Waals surface area contributed by atoms with Crippen molar-refractivity contribution in [3.05, 3.63) is 94.1 Å². The van der Waals surface area contributed by atoms with Gasteiger partial charge in [-0.2, -0.15) is 0 Å². The van der Waals surface area contributed by atoms with E-state index >= 15 is 0 Å². The van der Waals surface area contributed by atoms with Gasteiger partial charge in [-0.1, -0.05) is 6.07 Å². The number of nitrogens with zero attached hydrogens (tertiary/aromatic N) is 4. The molecular weight excluding hydrogens is 408 g/mol. The van der Waals surface area contributed by atoms with Crippen LogP contribution in [-0.4, -0.2) is 20.5 Å². The maximum absolute atomic E-state index is 11.2. The molecule has 0 fully saturated rings. The minimum atomic E-state index is -0.376. The molecule has 0 saturated carbocycles. The summed E-state index contributed by atoms with van der Waals surface area (Å²) >= 11 is 0. The van der Waals surface area contributed by atoms with Crippen molar-refractivity contribution in [3.8, 4) is 22.8 Å². The molecule has 0 N–H and O–H groups in total. The molecule has 8 heteroatoms. The number of benzene rings is 1. The maximum atomic E-state index is 11.2. The Bertz CT molecular complexity index is 1480. The average Bonchev–Trinajstić information content (AvgIpc) is 3.53. The van der Waals surface area contributed by atoms with Crippen LogP contribution in [0.3, 0.4) is 0 Å². The Morgan fingerprint density at radius 2 is 1.94 bits per heavy atom. The molecule has 32 heavy (non-hydrogen) atoms. The van der Waals surface area contributed by atoms with Crippen LogP contribution in [0.4, 0.5) is 11.5 Å². The molecule has 0 unspecified atom stereocenters. The first-order valence-corrected chi connectivity index (χ1v) is 9.92. The van der Waals surface area contributed by atoms with Gasteiger partial charge in [0, 0.05) is 23.4 Å². The van der Waals surface area contributed by atoms with Crippen molar-refractivity contribution < 1.29 is 13.8 Å². The summed E-state index contributed by atoms with van der Waals surface area (Å²) in [6.07, 6.45) is 5.11. The summed E-state index contributed by atoms with van der Waals surface area (Å²) in [5.41, 5.74) is 3.63. The van der Waals surface area contributed by atoms with E-state index < -0.39 is 0 Å². The summed E-state index contributed by atoms with van der Waals surface area (Å²) in [5.74, 6) is 2.41. The number of aliphatic imine (C=N–C) groups is 1. The zero-order valence-electron chi connectivity index (χ0n) is 17.4. The molecule has 4 heterocycles. The standard InChI is InChI=1S/C24H18N4O4/c1-15-13-19(28(29)30)16(2)12-18(15)20-9-8-17(32-20)14-25-24-23(21-6-5-11-31-21)26-22-7-3-4-10-27(22)24/h3-14H,1-2H3. The van der Waals surface area contributed by atoms with Crippen molar-refractivity contribution in [2.45, 2.75) is 13.8 Å². The molecule has 0 amide bonds. The van der Waals surface area contributed by atoms with Crippen LogP contribution < -0.4 is 0 Å². The monoisotopic (exact) mass is 426 g/mol. The Morgan fingerprint density at radius 3 is 2.72 bits per heavy atom. The first kappa shape index (κ1) is 19.5. The van der Waals surface area contributed by atoms with Gasteiger partial charge in [-0.25, -0.2) is 9.98 Å². The number of aryl methyl sites for hydroxylation is 2. The number of hydrogen-bond donors (Lipinski definition) is 0. The van der Waals surface area contributed by atoms with Gasteiger partial charge in [0.25, 0.3) is 5.69 Å². The lowest BCUT2D eigenvalue weighted by Gasteiger charge is -2.05. The van der Waals surface area contributed by atoms with Crippen molar-refractivity contribution >= 4 is 23.4 Å². The van der Waals surface area contributed by atoms with Crippen molar-refractivity contribution in [2.24, 2.45) is 4.99 Å². The lowest BCUT2D eigenvalue weighted by molar-refractivity contribution is -0.385. The molecule has 158 valence electrons. The summed E-state index contributed by atoms with van der Waals surface area (Å²) in [4.78, 5) is 20.1. The van der Waals surface area contributed by atoms with Gasteiger partial charge in [-0.3, -0.25) is 14.5 Å². The van der Waals surface area contributed by atoms with E-state index in [-0.39, 0.29) is 10.6 Å². The number of rotatable bonds is 5. The summed E-state index contributed by atoms with van der Waals surface area (Å²) < 4.78 is 13.4. The second kappa shape index (κ2) is 7.66. The molecule has 4 aromatic heterocycles. The molecule has 0 atom stereocenters. The highest BCUT2D eigenvalue weighted by Gasteiger charge is 2.17. The Balaban J connectivity index is 1.52. The number of imidazole rings is 1. The van der Waals surface area contributed by atoms with E-state index in [1.807, 2.05) is 53.9 Å². The molecule has 0 saturated heterocycles. The molecule has 0 bridgehead atoms. The highest BCUT2D eigenvalue weighted by molar-refractivity contribution is 5.83. The average molecular weight is 426 g/mol. The lowest BCUT2D eigenvalue weighted by Crippen LogP contribution is -1.94. The van der Waals surface area contributed by atoms with Gasteiger partial charge >= 0.3 is 0 Å². The molecule has 0 aliphatic carbocycles. The molecule has 5 rings (SSSR count). The van der Waals surface area contributed by atoms with E-state index in [1.165, 1.54) is 0 Å². The van der Waals surface area contributed by atoms with Gasteiger partial charge in [0.1, 0.15) is 17.2 Å². The second-order valence-electron chi connectivity index (χ2n) is 7.36. The van der Waals surface area contributed by atoms with Gasteiger partial charge in [0.05, 0.1) is 17.4 Å². The van der Waals surface area contributed by atoms with Gasteiger partial charge < -0.3 is 8.83 Å². The highest BCUT2D eigenvalue weighted by atomic mass is 16.6. The van der Waals surface area contributed by atoms with Gasteiger partial charge in [-0.05, 0) is 61.9 Å². The van der Waals surface area contributed by atoms with Crippen molar-refractivity contribution in [1.82, 2.24) is 9.38 Å². The quantitative estimate of drug-likeness (QED) is 0.191. The number of furan rings is 2. The number of pyridine rings is 1. The minimum Gasteiger partial charge on any atom is -0.463 e. The van der Waals surface area contributed by atoms with Crippen LogP contribution in [-0.2, 0) is 0 Å². The molecule has 0 radical (unpaired) electrons. The number of aromatic nitrogens is 2. The molecule has 1 aromatic carbocycles. The fourth-order valence-corrected chi connectivity index (χ4v) is 3.64. The Kier molecular flexibility index (Phi) is 4.67. The summed E-state index contributed by atoms with van der Waals surface area (Å²) in [6, 6.07) is 16.3. The largest absolute Gasteiger partial charge is 0.463 e. The van der Waals surface area contributed by atoms with Crippen LogP contribution in [0.5, 0.6) is 0 Å². The number of fused-ring (bicyclic) bond motifs is 1. The van der Waals surface area contributed by atoms with Crippen LogP contribution in [0.25, 0.3) is 28.4 Å². The molecule has 8 nitrogen and oxygen atoms in total. The normalized spacial score (nSPS) is 11.6. The fourth-order valence-electron chi connectivity index (χ4n) is 3.64. The van der Waals surface area contributed by atoms with Crippen molar-refractivity contribution in [3.63, 3.8) is 0 Å². The molecule has 0 spiro atoms. The number of hydrogen-bond acceptors (Lipinski definition) is 6. The van der Waals surface area contributed by atoms with E-state index in [4.69, 9.17) is 8.83 Å². The fraction of sp³-hybridized carbons (Fsp3) is 0.0833. The van der Waals surface area contributed by atoms with Crippen molar-refractivity contribution in [1.29, 1.82) is 0 Å². The zero-order valence-corrected chi connectivity index (χ0v) is 17.4. The third-order valence-electron chi connectivity index (χ3n) is 5.21. The first-order chi connectivity index (χ1) is 15.5. The number of nitro benzene ring substituents is 1. The van der Waals surface area contributed by atoms with Gasteiger partial charge in [0.2, 0.25) is 0 Å². The van der Waals surface area contributed by atoms with E-state index in [1.54, 1.807) is 37.6 Å². The lowest BCUT2D eigenvalue weighted by atomic mass is 10.0. The van der Waals surface area contributed by atoms with Crippen molar-refractivity contribution in [2.75, 3.05) is 0 Å². The van der Waals surface area contributed by atoms with Crippen LogP contribution in [0.2, 0.25) is 0 Å². The summed E-state index contributed by atoms with van der Waals surface area (Å²) in [5, 5.41) is 11.2. The third-order valence-corrected chi connectivity index (χ3v) is 5.21. The maximum Gasteiger partial charge on any atom is 0.272 e. The molecule has 0 aliphatic heterocycles. The summed E-state index contributed by atoms with van der Waals surface area (Å²) in [7, 11) is 0. The highest BCUT2D eigenvalue weighted by Crippen LogP contribution is 2.33. The molecular formula is C24H18N4O4. The summed E-state index contributed by atoms with van der Waals surface area (Å²) in [6.45, 7) is 3.54. The zero-order chi connectivity index (χ0) is 22.2. The molecule has 0 aliphatic rings. The number of nitro groups is 1. The van der Waals surface area contributed by atoms with Crippen LogP contribution in [0.15, 0.2) is 80.9 Å². The molecule has 5 aromatic rings. The van der Waals surface area contributed by atoms with Crippen LogP contribution >= 0.6 is 0 Å². The second-order valence-corrected chi connectivity index (χ2v) is 7.36. The van der Waals surface area contributed by atoms with E-state index in [0.717, 1.165) is 16.8 Å². The first-order valence-electron chi connectivity index (χ1n) is 9.92. The smallest absolute Gasteiger partial charge is 0.272 e. The van der Waals surface area contributed by atoms with E-state index in [0.29, 0.717) is 34.4 Å². The Labute approximate surface area is 182 Å². The Morgan fingerprint density at radius 1 is 1.06 bits per heavy atom. The SMILES string of the molecule is Cc1cc([N+](=O)[O-])c(C)cc1-c1ccc(C=Nc2c(-c3ccco3)nc3ccccn23)o1. The van der Waals surface area contributed by atoms with Crippen LogP contribution in [0, 0.1) is 24.0 Å². The van der Waals surface area contributed by atoms with Crippen LogP contribution in [0.1, 0.15) is 16.9 Å². The predicted molar refractivity (Wildman–Crippen MR) is 120 cm³/mol. The Hall–Kier alpha value is -4.46. The van der Waals surface area contributed by atoms with E-state index in [2.05, 4.69) is 9.98 Å². The van der Waals surface area contributed by atoms with Gasteiger partial charge in [0.15, 0.2) is 17.3 Å². The third kappa shape index (κ3) is 3.37. The minimum absolute atomic E-state index is 0.0951. The topological polar surface area (TPSA) is 99.1 Å². The predicted octanol–water partition coefficient (Wildman–Crippen LogP) is 6.13.